The van der Waals surface area contributed by atoms with Crippen LogP contribution in [0.15, 0.2) is 95.2 Å². The van der Waals surface area contributed by atoms with Crippen LogP contribution in [0.3, 0.4) is 0 Å². The molecule has 3 aromatic carbocycles. The van der Waals surface area contributed by atoms with Crippen molar-refractivity contribution in [3.63, 3.8) is 0 Å². The molecule has 0 fully saturated rings. The summed E-state index contributed by atoms with van der Waals surface area (Å²) in [5.41, 5.74) is 6.97. The number of hydrogen-bond donors (Lipinski definition) is 2. The van der Waals surface area contributed by atoms with Gasteiger partial charge in [0.15, 0.2) is 11.0 Å². The maximum atomic E-state index is 12.4. The highest BCUT2D eigenvalue weighted by molar-refractivity contribution is 7.99. The smallest absolute Gasteiger partial charge is 0.250 e. The van der Waals surface area contributed by atoms with Crippen molar-refractivity contribution in [2.45, 2.75) is 44.9 Å². The fourth-order valence-electron chi connectivity index (χ4n) is 4.07. The Bertz CT molecular complexity index is 1480. The van der Waals surface area contributed by atoms with Crippen molar-refractivity contribution in [3.05, 3.63) is 102 Å². The molecule has 200 valence electrons. The van der Waals surface area contributed by atoms with Gasteiger partial charge in [-0.3, -0.25) is 4.79 Å². The summed E-state index contributed by atoms with van der Waals surface area (Å²) in [5.74, 6) is 1.23. The van der Waals surface area contributed by atoms with Crippen LogP contribution in [0.4, 0.5) is 5.69 Å². The van der Waals surface area contributed by atoms with Crippen molar-refractivity contribution in [2.24, 2.45) is 5.10 Å². The second-order valence-electron chi connectivity index (χ2n) is 9.47. The number of nitrogens with zero attached hydrogens (tertiary/aromatic N) is 4. The summed E-state index contributed by atoms with van der Waals surface area (Å²) in [6, 6.07) is 22.9. The van der Waals surface area contributed by atoms with Crippen molar-refractivity contribution in [1.29, 1.82) is 0 Å². The molecule has 0 saturated heterocycles. The van der Waals surface area contributed by atoms with Crippen LogP contribution in [0.25, 0.3) is 16.8 Å². The van der Waals surface area contributed by atoms with Crippen molar-refractivity contribution in [1.82, 2.24) is 20.2 Å². The van der Waals surface area contributed by atoms with Crippen LogP contribution in [-0.4, -0.2) is 32.6 Å². The molecule has 2 N–H and O–H groups in total. The van der Waals surface area contributed by atoms with Gasteiger partial charge in [-0.1, -0.05) is 98.4 Å². The van der Waals surface area contributed by atoms with Crippen LogP contribution in [0.5, 0.6) is 0 Å². The Hall–Kier alpha value is -4.17. The summed E-state index contributed by atoms with van der Waals surface area (Å²) in [4.78, 5) is 12.4. The summed E-state index contributed by atoms with van der Waals surface area (Å²) in [7, 11) is 0. The molecular formula is C31H34N6OS. The normalized spacial score (nSPS) is 11.8. The van der Waals surface area contributed by atoms with Gasteiger partial charge >= 0.3 is 0 Å². The van der Waals surface area contributed by atoms with Crippen LogP contribution in [0.2, 0.25) is 0 Å². The number of hydrogen-bond acceptors (Lipinski definition) is 6. The minimum absolute atomic E-state index is 0.169. The van der Waals surface area contributed by atoms with Crippen molar-refractivity contribution in [2.75, 3.05) is 11.1 Å². The number of carbonyl (C=O) groups excluding carboxylic acids is 1. The molecule has 0 bridgehead atoms. The fourth-order valence-corrected chi connectivity index (χ4v) is 4.83. The van der Waals surface area contributed by atoms with E-state index >= 15 is 0 Å². The van der Waals surface area contributed by atoms with Crippen LogP contribution in [0, 0.1) is 0 Å². The molecule has 0 unspecified atom stereocenters. The lowest BCUT2D eigenvalue weighted by molar-refractivity contribution is -0.118. The van der Waals surface area contributed by atoms with Crippen LogP contribution < -0.4 is 10.7 Å². The molecular weight excluding hydrogens is 504 g/mol. The number of fused-ring (bicyclic) bond motifs is 1. The minimum Gasteiger partial charge on any atom is -0.377 e. The Morgan fingerprint density at radius 3 is 2.62 bits per heavy atom. The van der Waals surface area contributed by atoms with Gasteiger partial charge in [-0.25, -0.2) is 5.43 Å². The number of hydrazone groups is 1. The van der Waals surface area contributed by atoms with Gasteiger partial charge in [0, 0.05) is 17.6 Å². The van der Waals surface area contributed by atoms with Crippen LogP contribution >= 0.6 is 11.8 Å². The molecule has 1 heterocycles. The zero-order valence-electron chi connectivity index (χ0n) is 22.6. The molecule has 1 aromatic heterocycles. The summed E-state index contributed by atoms with van der Waals surface area (Å²) in [5, 5.41) is 19.2. The lowest BCUT2D eigenvalue weighted by atomic mass is 10.0. The predicted molar refractivity (Wildman–Crippen MR) is 163 cm³/mol. The van der Waals surface area contributed by atoms with E-state index in [1.165, 1.54) is 22.7 Å². The maximum absolute atomic E-state index is 12.4. The van der Waals surface area contributed by atoms with E-state index in [4.69, 9.17) is 0 Å². The predicted octanol–water partition coefficient (Wildman–Crippen LogP) is 6.65. The largest absolute Gasteiger partial charge is 0.377 e. The molecule has 0 aliphatic heterocycles. The van der Waals surface area contributed by atoms with E-state index in [1.54, 1.807) is 12.3 Å². The van der Waals surface area contributed by atoms with E-state index in [0.717, 1.165) is 28.0 Å². The van der Waals surface area contributed by atoms with E-state index in [-0.39, 0.29) is 11.7 Å². The molecule has 0 atom stereocenters. The number of rotatable bonds is 12. The van der Waals surface area contributed by atoms with E-state index in [9.17, 15) is 4.79 Å². The Labute approximate surface area is 234 Å². The molecule has 0 aliphatic carbocycles. The van der Waals surface area contributed by atoms with Gasteiger partial charge in [-0.05, 0) is 41.0 Å². The topological polar surface area (TPSA) is 84.2 Å². The molecule has 4 rings (SSSR count). The van der Waals surface area contributed by atoms with Crippen LogP contribution in [0.1, 0.15) is 43.6 Å². The Morgan fingerprint density at radius 2 is 1.85 bits per heavy atom. The van der Waals surface area contributed by atoms with Crippen molar-refractivity contribution < 1.29 is 4.79 Å². The molecule has 1 amide bonds. The molecule has 0 saturated carbocycles. The van der Waals surface area contributed by atoms with Gasteiger partial charge in [0.1, 0.15) is 0 Å². The van der Waals surface area contributed by atoms with E-state index in [2.05, 4.69) is 95.0 Å². The first-order chi connectivity index (χ1) is 18.9. The average Bonchev–Trinajstić information content (AvgIpc) is 3.32. The number of thioether (sulfide) groups is 1. The quantitative estimate of drug-likeness (QED) is 0.0913. The number of aromatic nitrogens is 3. The number of anilines is 1. The zero-order valence-corrected chi connectivity index (χ0v) is 23.4. The third-order valence-electron chi connectivity index (χ3n) is 6.12. The third-order valence-corrected chi connectivity index (χ3v) is 7.09. The summed E-state index contributed by atoms with van der Waals surface area (Å²) < 4.78 is 1.96. The third kappa shape index (κ3) is 7.67. The Kier molecular flexibility index (Phi) is 9.69. The lowest BCUT2D eigenvalue weighted by Gasteiger charge is -2.11. The molecule has 4 aromatic rings. The van der Waals surface area contributed by atoms with Crippen LogP contribution in [-0.2, 0) is 17.9 Å². The van der Waals surface area contributed by atoms with E-state index in [1.807, 2.05) is 35.8 Å². The van der Waals surface area contributed by atoms with Gasteiger partial charge in [0.25, 0.3) is 5.91 Å². The van der Waals surface area contributed by atoms with Gasteiger partial charge in [0.2, 0.25) is 0 Å². The number of amides is 1. The summed E-state index contributed by atoms with van der Waals surface area (Å²) in [6.45, 7) is 11.2. The minimum atomic E-state index is -0.214. The van der Waals surface area contributed by atoms with E-state index < -0.39 is 0 Å². The van der Waals surface area contributed by atoms with Gasteiger partial charge < -0.3 is 9.88 Å². The first-order valence-electron chi connectivity index (χ1n) is 12.9. The summed E-state index contributed by atoms with van der Waals surface area (Å²) >= 11 is 1.32. The first kappa shape index (κ1) is 27.9. The molecule has 7 nitrogen and oxygen atoms in total. The lowest BCUT2D eigenvalue weighted by Crippen LogP contribution is -2.20. The molecule has 39 heavy (non-hydrogen) atoms. The Morgan fingerprint density at radius 1 is 1.08 bits per heavy atom. The van der Waals surface area contributed by atoms with Gasteiger partial charge in [0.05, 0.1) is 18.5 Å². The maximum Gasteiger partial charge on any atom is 0.250 e. The second-order valence-corrected chi connectivity index (χ2v) is 10.4. The molecule has 0 spiro atoms. The van der Waals surface area contributed by atoms with Gasteiger partial charge in [-0.15, -0.1) is 16.8 Å². The summed E-state index contributed by atoms with van der Waals surface area (Å²) in [6.07, 6.45) is 5.47. The molecule has 0 aliphatic rings. The van der Waals surface area contributed by atoms with Crippen molar-refractivity contribution in [3.8, 4) is 0 Å². The molecule has 0 radical (unpaired) electrons. The van der Waals surface area contributed by atoms with Gasteiger partial charge in [-0.2, -0.15) is 5.10 Å². The second kappa shape index (κ2) is 13.6. The highest BCUT2D eigenvalue weighted by atomic mass is 32.2. The number of carbonyl (C=O) groups is 1. The molecule has 8 heteroatoms. The SMILES string of the molecule is C=CCn1c(CNc2cccc3ccccc23)nnc1SCC(=O)NN=CC(C)=Cc1ccc(C(C)C)cc1. The Balaban J connectivity index is 1.31. The standard InChI is InChI=1S/C31H34N6OS/c1-5-17-37-29(20-32-28-12-8-10-26-9-6-7-11-27(26)28)34-36-31(37)39-21-30(38)35-33-19-23(4)18-24-13-15-25(16-14-24)22(2)3/h5-16,18-19,22,32H,1,17,20-21H2,2-4H3,(H,35,38). The number of benzene rings is 3. The highest BCUT2D eigenvalue weighted by Crippen LogP contribution is 2.24. The fraction of sp³-hybridized carbons (Fsp3) is 0.226. The number of nitrogens with one attached hydrogen (secondary N) is 2. The average molecular weight is 539 g/mol. The highest BCUT2D eigenvalue weighted by Gasteiger charge is 2.14. The number of allylic oxidation sites excluding steroid dienone is 2. The monoisotopic (exact) mass is 538 g/mol. The van der Waals surface area contributed by atoms with Crippen molar-refractivity contribution >= 4 is 46.4 Å². The zero-order chi connectivity index (χ0) is 27.6. The van der Waals surface area contributed by atoms with E-state index in [0.29, 0.717) is 24.2 Å². The first-order valence-corrected chi connectivity index (χ1v) is 13.9.